The van der Waals surface area contributed by atoms with E-state index in [0.717, 1.165) is 27.7 Å². The number of hydrogen-bond acceptors (Lipinski definition) is 4. The van der Waals surface area contributed by atoms with Crippen molar-refractivity contribution in [2.45, 2.75) is 6.42 Å². The van der Waals surface area contributed by atoms with E-state index in [0.29, 0.717) is 11.5 Å². The Kier molecular flexibility index (Phi) is 3.42. The molecule has 2 aromatic heterocycles. The van der Waals surface area contributed by atoms with E-state index in [4.69, 9.17) is 9.15 Å². The summed E-state index contributed by atoms with van der Waals surface area (Å²) in [6, 6.07) is 13.2. The summed E-state index contributed by atoms with van der Waals surface area (Å²) in [6.45, 7) is 0. The Morgan fingerprint density at radius 3 is 3.00 bits per heavy atom. The molecule has 0 aliphatic carbocycles. The molecule has 0 spiro atoms. The van der Waals surface area contributed by atoms with Crippen molar-refractivity contribution in [3.05, 3.63) is 54.3 Å². The Hall–Kier alpha value is -3.28. The van der Waals surface area contributed by atoms with Gasteiger partial charge < -0.3 is 14.1 Å². The lowest BCUT2D eigenvalue weighted by Crippen LogP contribution is -2.15. The van der Waals surface area contributed by atoms with Gasteiger partial charge in [-0.3, -0.25) is 10.1 Å². The van der Waals surface area contributed by atoms with Crippen molar-refractivity contribution in [1.82, 2.24) is 9.97 Å². The van der Waals surface area contributed by atoms with Crippen LogP contribution in [0.5, 0.6) is 5.75 Å². The van der Waals surface area contributed by atoms with Crippen LogP contribution in [0.4, 0.5) is 5.95 Å². The zero-order chi connectivity index (χ0) is 16.5. The number of imidazole rings is 1. The minimum Gasteiger partial charge on any atom is -0.497 e. The van der Waals surface area contributed by atoms with Gasteiger partial charge in [-0.2, -0.15) is 0 Å². The molecule has 0 bridgehead atoms. The molecule has 2 aromatic carbocycles. The number of H-pyrrole nitrogens is 1. The molecule has 2 heterocycles. The summed E-state index contributed by atoms with van der Waals surface area (Å²) >= 11 is 0. The maximum atomic E-state index is 12.3. The van der Waals surface area contributed by atoms with Crippen LogP contribution in [0.3, 0.4) is 0 Å². The molecule has 6 heteroatoms. The molecular weight excluding hydrogens is 306 g/mol. The Morgan fingerprint density at radius 2 is 2.17 bits per heavy atom. The van der Waals surface area contributed by atoms with E-state index in [2.05, 4.69) is 15.3 Å². The highest BCUT2D eigenvalue weighted by atomic mass is 16.5. The van der Waals surface area contributed by atoms with Gasteiger partial charge in [0.05, 0.1) is 30.8 Å². The third kappa shape index (κ3) is 2.58. The van der Waals surface area contributed by atoms with Crippen LogP contribution in [0, 0.1) is 0 Å². The van der Waals surface area contributed by atoms with Crippen LogP contribution in [-0.4, -0.2) is 23.0 Å². The van der Waals surface area contributed by atoms with Crippen LogP contribution in [0.1, 0.15) is 5.56 Å². The molecule has 0 aliphatic rings. The van der Waals surface area contributed by atoms with Gasteiger partial charge in [0.2, 0.25) is 11.9 Å². The summed E-state index contributed by atoms with van der Waals surface area (Å²) in [6.07, 6.45) is 1.80. The Labute approximate surface area is 137 Å². The maximum absolute atomic E-state index is 12.3. The van der Waals surface area contributed by atoms with Gasteiger partial charge in [0.15, 0.2) is 0 Å². The highest BCUT2D eigenvalue weighted by Gasteiger charge is 2.12. The van der Waals surface area contributed by atoms with Crippen molar-refractivity contribution in [1.29, 1.82) is 0 Å². The second-order valence-corrected chi connectivity index (χ2v) is 5.45. The average Bonchev–Trinajstić information content (AvgIpc) is 3.17. The number of para-hydroxylation sites is 2. The zero-order valence-corrected chi connectivity index (χ0v) is 13.0. The molecule has 4 aromatic rings. The molecule has 4 rings (SSSR count). The monoisotopic (exact) mass is 321 g/mol. The maximum Gasteiger partial charge on any atom is 0.231 e. The molecule has 0 aliphatic heterocycles. The molecule has 0 unspecified atom stereocenters. The van der Waals surface area contributed by atoms with Gasteiger partial charge in [-0.25, -0.2) is 4.98 Å². The molecular formula is C18H15N3O3. The molecule has 2 N–H and O–H groups in total. The van der Waals surface area contributed by atoms with Crippen molar-refractivity contribution in [3.8, 4) is 5.75 Å². The summed E-state index contributed by atoms with van der Waals surface area (Å²) in [5.74, 6) is 0.998. The van der Waals surface area contributed by atoms with Crippen LogP contribution in [-0.2, 0) is 11.2 Å². The quantitative estimate of drug-likeness (QED) is 0.603. The SMILES string of the molecule is COc1ccc2c(CC(=O)Nc3nc4ccccc4[nH]3)coc2c1. The summed E-state index contributed by atoms with van der Waals surface area (Å²) in [7, 11) is 1.60. The highest BCUT2D eigenvalue weighted by Crippen LogP contribution is 2.26. The predicted molar refractivity (Wildman–Crippen MR) is 91.2 cm³/mol. The Morgan fingerprint density at radius 1 is 1.29 bits per heavy atom. The molecule has 0 saturated heterocycles. The van der Waals surface area contributed by atoms with Crippen LogP contribution in [0.25, 0.3) is 22.0 Å². The van der Waals surface area contributed by atoms with Crippen LogP contribution < -0.4 is 10.1 Å². The topological polar surface area (TPSA) is 80.1 Å². The average molecular weight is 321 g/mol. The summed E-state index contributed by atoms with van der Waals surface area (Å²) in [4.78, 5) is 19.7. The zero-order valence-electron chi connectivity index (χ0n) is 13.0. The second-order valence-electron chi connectivity index (χ2n) is 5.45. The van der Waals surface area contributed by atoms with Crippen LogP contribution >= 0.6 is 0 Å². The lowest BCUT2D eigenvalue weighted by molar-refractivity contribution is -0.115. The molecule has 0 atom stereocenters. The normalized spacial score (nSPS) is 11.0. The van der Waals surface area contributed by atoms with Gasteiger partial charge in [0, 0.05) is 17.0 Å². The van der Waals surface area contributed by atoms with E-state index < -0.39 is 0 Å². The number of nitrogens with zero attached hydrogens (tertiary/aromatic N) is 1. The number of fused-ring (bicyclic) bond motifs is 2. The first-order valence-electron chi connectivity index (χ1n) is 7.51. The first-order valence-corrected chi connectivity index (χ1v) is 7.51. The Balaban J connectivity index is 1.53. The van der Waals surface area contributed by atoms with Crippen LogP contribution in [0.2, 0.25) is 0 Å². The third-order valence-corrected chi connectivity index (χ3v) is 3.86. The molecule has 6 nitrogen and oxygen atoms in total. The third-order valence-electron chi connectivity index (χ3n) is 3.86. The minimum absolute atomic E-state index is 0.160. The smallest absolute Gasteiger partial charge is 0.231 e. The van der Waals surface area contributed by atoms with Gasteiger partial charge in [-0.05, 0) is 24.3 Å². The second kappa shape index (κ2) is 5.73. The molecule has 1 amide bonds. The van der Waals surface area contributed by atoms with E-state index in [9.17, 15) is 4.79 Å². The number of carbonyl (C=O) groups is 1. The first-order chi connectivity index (χ1) is 11.7. The number of hydrogen-bond donors (Lipinski definition) is 2. The van der Waals surface area contributed by atoms with E-state index in [1.54, 1.807) is 19.4 Å². The van der Waals surface area contributed by atoms with E-state index in [1.165, 1.54) is 0 Å². The number of furan rings is 1. The van der Waals surface area contributed by atoms with Crippen molar-refractivity contribution in [3.63, 3.8) is 0 Å². The number of carbonyl (C=O) groups excluding carboxylic acids is 1. The predicted octanol–water partition coefficient (Wildman–Crippen LogP) is 3.50. The van der Waals surface area contributed by atoms with E-state index >= 15 is 0 Å². The fourth-order valence-electron chi connectivity index (χ4n) is 2.69. The molecule has 0 saturated carbocycles. The standard InChI is InChI=1S/C18H15N3O3/c1-23-12-6-7-13-11(10-24-16(13)9-12)8-17(22)21-18-19-14-4-2-3-5-15(14)20-18/h2-7,9-10H,8H2,1H3,(H2,19,20,21,22). The fourth-order valence-corrected chi connectivity index (χ4v) is 2.69. The molecule has 24 heavy (non-hydrogen) atoms. The number of anilines is 1. The lowest BCUT2D eigenvalue weighted by atomic mass is 10.1. The Bertz CT molecular complexity index is 999. The largest absolute Gasteiger partial charge is 0.497 e. The first kappa shape index (κ1) is 14.3. The van der Waals surface area contributed by atoms with Gasteiger partial charge >= 0.3 is 0 Å². The van der Waals surface area contributed by atoms with Crippen molar-refractivity contribution in [2.75, 3.05) is 12.4 Å². The number of benzene rings is 2. The van der Waals surface area contributed by atoms with E-state index in [-0.39, 0.29) is 12.3 Å². The van der Waals surface area contributed by atoms with E-state index in [1.807, 2.05) is 36.4 Å². The number of ether oxygens (including phenoxy) is 1. The van der Waals surface area contributed by atoms with Crippen molar-refractivity contribution >= 4 is 33.9 Å². The number of amides is 1. The molecule has 0 fully saturated rings. The molecule has 120 valence electrons. The lowest BCUT2D eigenvalue weighted by Gasteiger charge is -2.01. The van der Waals surface area contributed by atoms with Gasteiger partial charge in [-0.15, -0.1) is 0 Å². The highest BCUT2D eigenvalue weighted by molar-refractivity contribution is 5.95. The number of rotatable bonds is 4. The number of aromatic nitrogens is 2. The van der Waals surface area contributed by atoms with Gasteiger partial charge in [-0.1, -0.05) is 12.1 Å². The number of nitrogens with one attached hydrogen (secondary N) is 2. The van der Waals surface area contributed by atoms with Crippen molar-refractivity contribution in [2.24, 2.45) is 0 Å². The number of methoxy groups -OCH3 is 1. The number of aromatic amines is 1. The summed E-state index contributed by atoms with van der Waals surface area (Å²) < 4.78 is 10.7. The molecule has 0 radical (unpaired) electrons. The fraction of sp³-hybridized carbons (Fsp3) is 0.111. The van der Waals surface area contributed by atoms with Crippen molar-refractivity contribution < 1.29 is 13.9 Å². The minimum atomic E-state index is -0.160. The summed E-state index contributed by atoms with van der Waals surface area (Å²) in [5, 5.41) is 3.68. The van der Waals surface area contributed by atoms with Gasteiger partial charge in [0.1, 0.15) is 11.3 Å². The van der Waals surface area contributed by atoms with Crippen LogP contribution in [0.15, 0.2) is 53.1 Å². The summed E-state index contributed by atoms with van der Waals surface area (Å²) in [5.41, 5.74) is 3.21. The van der Waals surface area contributed by atoms with Gasteiger partial charge in [0.25, 0.3) is 0 Å².